The van der Waals surface area contributed by atoms with Crippen LogP contribution in [0.15, 0.2) is 29.7 Å². The molecule has 92 valence electrons. The first-order chi connectivity index (χ1) is 7.81. The Labute approximate surface area is 103 Å². The third-order valence-electron chi connectivity index (χ3n) is 1.98. The summed E-state index contributed by atoms with van der Waals surface area (Å²) in [4.78, 5) is 10.3. The number of aromatic hydroxyl groups is 1. The van der Waals surface area contributed by atoms with Gasteiger partial charge in [-0.25, -0.2) is 13.2 Å². The van der Waals surface area contributed by atoms with Gasteiger partial charge >= 0.3 is 5.97 Å². The van der Waals surface area contributed by atoms with Gasteiger partial charge in [0, 0.05) is 0 Å². The van der Waals surface area contributed by atoms with E-state index in [2.05, 4.69) is 6.58 Å². The van der Waals surface area contributed by atoms with Crippen LogP contribution in [0.4, 0.5) is 0 Å². The van der Waals surface area contributed by atoms with Gasteiger partial charge < -0.3 is 10.2 Å². The topological polar surface area (TPSA) is 91.7 Å². The van der Waals surface area contributed by atoms with Gasteiger partial charge in [-0.05, 0) is 12.1 Å². The minimum Gasteiger partial charge on any atom is -0.505 e. The highest BCUT2D eigenvalue weighted by Gasteiger charge is 2.23. The smallest absolute Gasteiger partial charge is 0.337 e. The lowest BCUT2D eigenvalue weighted by atomic mass is 10.2. The number of carbonyl (C=O) groups is 1. The predicted molar refractivity (Wildman–Crippen MR) is 62.3 cm³/mol. The largest absolute Gasteiger partial charge is 0.505 e. The van der Waals surface area contributed by atoms with E-state index in [9.17, 15) is 18.3 Å². The molecule has 0 aromatic heterocycles. The Morgan fingerprint density at radius 1 is 1.47 bits per heavy atom. The van der Waals surface area contributed by atoms with Crippen molar-refractivity contribution in [3.8, 4) is 5.75 Å². The van der Waals surface area contributed by atoms with Gasteiger partial charge in [-0.2, -0.15) is 0 Å². The van der Waals surface area contributed by atoms with Gasteiger partial charge in [-0.15, -0.1) is 6.58 Å². The van der Waals surface area contributed by atoms with Crippen molar-refractivity contribution in [2.45, 2.75) is 4.90 Å². The minimum atomic E-state index is -3.75. The Bertz CT molecular complexity index is 577. The third-order valence-corrected chi connectivity index (χ3v) is 4.04. The van der Waals surface area contributed by atoms with Crippen LogP contribution in [0.3, 0.4) is 0 Å². The zero-order valence-electron chi connectivity index (χ0n) is 8.55. The molecule has 0 spiro atoms. The van der Waals surface area contributed by atoms with Gasteiger partial charge in [0.2, 0.25) is 0 Å². The molecule has 0 saturated carbocycles. The number of aromatic carboxylic acids is 1. The predicted octanol–water partition coefficient (Wildman–Crippen LogP) is 1.70. The molecule has 2 N–H and O–H groups in total. The summed E-state index contributed by atoms with van der Waals surface area (Å²) in [6.07, 6.45) is 1.16. The number of benzene rings is 1. The van der Waals surface area contributed by atoms with Gasteiger partial charge in [-0.1, -0.05) is 17.7 Å². The molecule has 0 radical (unpaired) electrons. The van der Waals surface area contributed by atoms with Gasteiger partial charge in [0.1, 0.15) is 4.90 Å². The molecule has 1 aromatic rings. The summed E-state index contributed by atoms with van der Waals surface area (Å²) in [6.45, 7) is 3.28. The van der Waals surface area contributed by atoms with Crippen molar-refractivity contribution in [2.75, 3.05) is 5.75 Å². The number of halogens is 1. The van der Waals surface area contributed by atoms with Crippen LogP contribution in [0.5, 0.6) is 5.75 Å². The standard InChI is InChI=1S/C10H9ClO5S/c1-2-5-17(15,16)7-4-3-6(10(13)14)8(11)9(7)12/h2-4,12H,1,5H2,(H,13,14). The average molecular weight is 277 g/mol. The number of phenolic OH excluding ortho intramolecular Hbond substituents is 1. The summed E-state index contributed by atoms with van der Waals surface area (Å²) in [5.74, 6) is -2.48. The normalized spacial score (nSPS) is 11.1. The molecular formula is C10H9ClO5S. The van der Waals surface area contributed by atoms with Crippen LogP contribution >= 0.6 is 11.6 Å². The van der Waals surface area contributed by atoms with Crippen molar-refractivity contribution in [3.05, 3.63) is 35.4 Å². The van der Waals surface area contributed by atoms with E-state index in [1.54, 1.807) is 0 Å². The highest BCUT2D eigenvalue weighted by Crippen LogP contribution is 2.34. The number of phenols is 1. The van der Waals surface area contributed by atoms with Gasteiger partial charge in [0.25, 0.3) is 0 Å². The van der Waals surface area contributed by atoms with E-state index < -0.39 is 31.5 Å². The van der Waals surface area contributed by atoms with E-state index in [-0.39, 0.29) is 11.3 Å². The van der Waals surface area contributed by atoms with Crippen LogP contribution in [0.1, 0.15) is 10.4 Å². The molecule has 0 saturated heterocycles. The summed E-state index contributed by atoms with van der Waals surface area (Å²) in [5.41, 5.74) is -0.360. The number of carboxylic acids is 1. The Balaban J connectivity index is 3.46. The maximum atomic E-state index is 11.6. The Hall–Kier alpha value is -1.53. The molecule has 0 amide bonds. The lowest BCUT2D eigenvalue weighted by Crippen LogP contribution is -2.07. The number of carboxylic acid groups (broad SMARTS) is 1. The minimum absolute atomic E-state index is 0.360. The molecule has 0 heterocycles. The monoisotopic (exact) mass is 276 g/mol. The number of hydrogen-bond donors (Lipinski definition) is 2. The fourth-order valence-corrected chi connectivity index (χ4v) is 2.67. The Morgan fingerprint density at radius 2 is 2.06 bits per heavy atom. The van der Waals surface area contributed by atoms with E-state index in [0.717, 1.165) is 18.2 Å². The second-order valence-corrected chi connectivity index (χ2v) is 5.53. The molecule has 7 heteroatoms. The average Bonchev–Trinajstić information content (AvgIpc) is 2.20. The Morgan fingerprint density at radius 3 is 2.53 bits per heavy atom. The highest BCUT2D eigenvalue weighted by molar-refractivity contribution is 7.91. The third kappa shape index (κ3) is 2.59. The number of rotatable bonds is 4. The molecular weight excluding hydrogens is 268 g/mol. The summed E-state index contributed by atoms with van der Waals surface area (Å²) < 4.78 is 23.3. The van der Waals surface area contributed by atoms with E-state index in [1.165, 1.54) is 0 Å². The fraction of sp³-hybridized carbons (Fsp3) is 0.100. The van der Waals surface area contributed by atoms with Crippen molar-refractivity contribution in [2.24, 2.45) is 0 Å². The molecule has 1 aromatic carbocycles. The fourth-order valence-electron chi connectivity index (χ4n) is 1.21. The first kappa shape index (κ1) is 13.5. The molecule has 0 aliphatic carbocycles. The van der Waals surface area contributed by atoms with Crippen molar-refractivity contribution in [1.82, 2.24) is 0 Å². The highest BCUT2D eigenvalue weighted by atomic mass is 35.5. The van der Waals surface area contributed by atoms with Crippen LogP contribution < -0.4 is 0 Å². The second kappa shape index (κ2) is 4.77. The van der Waals surface area contributed by atoms with E-state index in [1.807, 2.05) is 0 Å². The number of sulfone groups is 1. The first-order valence-corrected chi connectivity index (χ1v) is 6.42. The lowest BCUT2D eigenvalue weighted by molar-refractivity contribution is 0.0696. The van der Waals surface area contributed by atoms with Crippen molar-refractivity contribution >= 4 is 27.4 Å². The molecule has 0 bridgehead atoms. The van der Waals surface area contributed by atoms with Crippen molar-refractivity contribution < 1.29 is 23.4 Å². The zero-order valence-corrected chi connectivity index (χ0v) is 10.1. The van der Waals surface area contributed by atoms with E-state index in [4.69, 9.17) is 16.7 Å². The van der Waals surface area contributed by atoms with Crippen LogP contribution in [-0.4, -0.2) is 30.4 Å². The molecule has 0 unspecified atom stereocenters. The lowest BCUT2D eigenvalue weighted by Gasteiger charge is -2.07. The quantitative estimate of drug-likeness (QED) is 0.817. The molecule has 0 aliphatic heterocycles. The first-order valence-electron chi connectivity index (χ1n) is 4.39. The van der Waals surface area contributed by atoms with Crippen molar-refractivity contribution in [3.63, 3.8) is 0 Å². The zero-order chi connectivity index (χ0) is 13.2. The summed E-state index contributed by atoms with van der Waals surface area (Å²) >= 11 is 5.58. The molecule has 0 atom stereocenters. The maximum absolute atomic E-state index is 11.6. The Kier molecular flexibility index (Phi) is 3.79. The summed E-state index contributed by atoms with van der Waals surface area (Å²) in [5, 5.41) is 17.8. The molecule has 17 heavy (non-hydrogen) atoms. The van der Waals surface area contributed by atoms with Crippen LogP contribution in [-0.2, 0) is 9.84 Å². The summed E-state index contributed by atoms with van der Waals surface area (Å²) in [7, 11) is -3.75. The molecule has 0 aliphatic rings. The van der Waals surface area contributed by atoms with E-state index in [0.29, 0.717) is 0 Å². The van der Waals surface area contributed by atoms with Gasteiger partial charge in [0.15, 0.2) is 15.6 Å². The van der Waals surface area contributed by atoms with Crippen LogP contribution in [0.25, 0.3) is 0 Å². The van der Waals surface area contributed by atoms with E-state index >= 15 is 0 Å². The SMILES string of the molecule is C=CCS(=O)(=O)c1ccc(C(=O)O)c(Cl)c1O. The second-order valence-electron chi connectivity index (χ2n) is 3.15. The van der Waals surface area contributed by atoms with Crippen LogP contribution in [0.2, 0.25) is 5.02 Å². The van der Waals surface area contributed by atoms with Gasteiger partial charge in [0.05, 0.1) is 16.3 Å². The number of hydrogen-bond acceptors (Lipinski definition) is 4. The van der Waals surface area contributed by atoms with Gasteiger partial charge in [-0.3, -0.25) is 0 Å². The molecule has 1 rings (SSSR count). The molecule has 0 fully saturated rings. The maximum Gasteiger partial charge on any atom is 0.337 e. The summed E-state index contributed by atoms with van der Waals surface area (Å²) in [6, 6.07) is 2.03. The van der Waals surface area contributed by atoms with Crippen molar-refractivity contribution in [1.29, 1.82) is 0 Å². The van der Waals surface area contributed by atoms with Crippen LogP contribution in [0, 0.1) is 0 Å². The molecule has 5 nitrogen and oxygen atoms in total.